The van der Waals surface area contributed by atoms with Gasteiger partial charge in [-0.05, 0) is 24.3 Å². The maximum atomic E-state index is 12.8. The highest BCUT2D eigenvalue weighted by atomic mass is 19.1. The highest BCUT2D eigenvalue weighted by Gasteiger charge is 1.97. The number of hydrogen-bond donors (Lipinski definition) is 0. The molecule has 17 heavy (non-hydrogen) atoms. The Morgan fingerprint density at radius 2 is 1.59 bits per heavy atom. The normalized spacial score (nSPS) is 9.12. The first-order valence-electron chi connectivity index (χ1n) is 5.53. The van der Waals surface area contributed by atoms with Crippen LogP contribution >= 0.6 is 0 Å². The molecule has 0 aliphatic heterocycles. The quantitative estimate of drug-likeness (QED) is 0.715. The van der Waals surface area contributed by atoms with Gasteiger partial charge in [0.05, 0.1) is 0 Å². The summed E-state index contributed by atoms with van der Waals surface area (Å²) >= 11 is 0. The summed E-state index contributed by atoms with van der Waals surface area (Å²) in [6.45, 7) is 4.00. The van der Waals surface area contributed by atoms with Gasteiger partial charge in [0.25, 0.3) is 0 Å². The number of hydrogen-bond acceptors (Lipinski definition) is 1. The Bertz CT molecular complexity index is 454. The number of halogens is 1. The van der Waals surface area contributed by atoms with Crippen LogP contribution in [0.4, 0.5) is 4.39 Å². The lowest BCUT2D eigenvalue weighted by molar-refractivity contribution is 0.477. The summed E-state index contributed by atoms with van der Waals surface area (Å²) in [4.78, 5) is 0. The zero-order chi connectivity index (χ0) is 12.7. The molecule has 0 unspecified atom stereocenters. The highest BCUT2D eigenvalue weighted by molar-refractivity contribution is 6.32. The summed E-state index contributed by atoms with van der Waals surface area (Å²) in [5, 5.41) is 0. The minimum atomic E-state index is -0.317. The van der Waals surface area contributed by atoms with E-state index in [-0.39, 0.29) is 5.82 Å². The Morgan fingerprint density at radius 3 is 2.18 bits per heavy atom. The van der Waals surface area contributed by atoms with E-state index in [2.05, 4.69) is 0 Å². The van der Waals surface area contributed by atoms with Crippen molar-refractivity contribution in [1.29, 1.82) is 0 Å². The van der Waals surface area contributed by atoms with Crippen LogP contribution in [0.1, 0.15) is 13.8 Å². The Morgan fingerprint density at radius 1 is 0.941 bits per heavy atom. The maximum absolute atomic E-state index is 12.8. The average molecular weight is 228 g/mol. The molecule has 0 N–H and O–H groups in total. The SMILES string of the molecule is CC.[B]c1ccc(Oc2cccc(F)c2)cc1. The lowest BCUT2D eigenvalue weighted by atomic mass is 9.97. The summed E-state index contributed by atoms with van der Waals surface area (Å²) in [6.07, 6.45) is 0. The molecule has 2 rings (SSSR count). The molecule has 86 valence electrons. The predicted octanol–water partition coefficient (Wildman–Crippen LogP) is 3.44. The Kier molecular flexibility index (Phi) is 5.27. The van der Waals surface area contributed by atoms with Gasteiger partial charge in [-0.25, -0.2) is 4.39 Å². The van der Waals surface area contributed by atoms with Gasteiger partial charge < -0.3 is 4.74 Å². The molecule has 0 fully saturated rings. The zero-order valence-electron chi connectivity index (χ0n) is 9.98. The summed E-state index contributed by atoms with van der Waals surface area (Å²) in [6, 6.07) is 12.9. The molecule has 0 bridgehead atoms. The third-order valence-electron chi connectivity index (χ3n) is 1.91. The van der Waals surface area contributed by atoms with Crippen LogP contribution in [0.15, 0.2) is 48.5 Å². The van der Waals surface area contributed by atoms with Crippen molar-refractivity contribution < 1.29 is 9.13 Å². The first-order chi connectivity index (χ1) is 8.24. The highest BCUT2D eigenvalue weighted by Crippen LogP contribution is 2.20. The van der Waals surface area contributed by atoms with Crippen molar-refractivity contribution in [2.45, 2.75) is 13.8 Å². The topological polar surface area (TPSA) is 9.23 Å². The van der Waals surface area contributed by atoms with Crippen LogP contribution < -0.4 is 10.2 Å². The first-order valence-corrected chi connectivity index (χ1v) is 5.53. The minimum absolute atomic E-state index is 0.317. The van der Waals surface area contributed by atoms with Crippen molar-refractivity contribution in [1.82, 2.24) is 0 Å². The Balaban J connectivity index is 0.000000686. The van der Waals surface area contributed by atoms with E-state index in [9.17, 15) is 4.39 Å². The van der Waals surface area contributed by atoms with E-state index in [0.29, 0.717) is 17.0 Å². The van der Waals surface area contributed by atoms with Crippen molar-refractivity contribution in [3.63, 3.8) is 0 Å². The third kappa shape index (κ3) is 4.31. The van der Waals surface area contributed by atoms with Gasteiger partial charge >= 0.3 is 0 Å². The fourth-order valence-electron chi connectivity index (χ4n) is 1.20. The summed E-state index contributed by atoms with van der Waals surface area (Å²) in [5.41, 5.74) is 0.668. The largest absolute Gasteiger partial charge is 0.457 e. The molecule has 2 aromatic carbocycles. The van der Waals surface area contributed by atoms with Gasteiger partial charge in [-0.2, -0.15) is 0 Å². The van der Waals surface area contributed by atoms with Gasteiger partial charge in [-0.3, -0.25) is 0 Å². The summed E-state index contributed by atoms with van der Waals surface area (Å²) < 4.78 is 18.3. The maximum Gasteiger partial charge on any atom is 0.130 e. The second-order valence-corrected chi connectivity index (χ2v) is 3.13. The van der Waals surface area contributed by atoms with Gasteiger partial charge in [0.1, 0.15) is 25.2 Å². The molecule has 0 heterocycles. The van der Waals surface area contributed by atoms with Crippen LogP contribution in [0.5, 0.6) is 11.5 Å². The van der Waals surface area contributed by atoms with Gasteiger partial charge in [-0.15, -0.1) is 0 Å². The molecule has 0 aliphatic carbocycles. The van der Waals surface area contributed by atoms with Crippen LogP contribution in [0.25, 0.3) is 0 Å². The van der Waals surface area contributed by atoms with E-state index < -0.39 is 0 Å². The fraction of sp³-hybridized carbons (Fsp3) is 0.143. The number of ether oxygens (including phenoxy) is 1. The molecular formula is C14H14BFO. The molecule has 0 atom stereocenters. The van der Waals surface area contributed by atoms with E-state index in [1.807, 2.05) is 13.8 Å². The molecule has 0 saturated heterocycles. The number of benzene rings is 2. The van der Waals surface area contributed by atoms with Crippen LogP contribution in [0.2, 0.25) is 0 Å². The van der Waals surface area contributed by atoms with E-state index in [1.165, 1.54) is 12.1 Å². The number of rotatable bonds is 2. The van der Waals surface area contributed by atoms with Gasteiger partial charge in [0, 0.05) is 6.07 Å². The van der Waals surface area contributed by atoms with Gasteiger partial charge in [-0.1, -0.05) is 37.5 Å². The van der Waals surface area contributed by atoms with Crippen LogP contribution in [-0.4, -0.2) is 7.85 Å². The van der Waals surface area contributed by atoms with Crippen LogP contribution in [-0.2, 0) is 0 Å². The minimum Gasteiger partial charge on any atom is -0.457 e. The summed E-state index contributed by atoms with van der Waals surface area (Å²) in [5.74, 6) is 0.789. The van der Waals surface area contributed by atoms with E-state index in [0.717, 1.165) is 0 Å². The van der Waals surface area contributed by atoms with Crippen molar-refractivity contribution >= 4 is 13.3 Å². The molecule has 3 heteroatoms. The molecule has 1 nitrogen and oxygen atoms in total. The second-order valence-electron chi connectivity index (χ2n) is 3.13. The average Bonchev–Trinajstić information content (AvgIpc) is 2.35. The molecule has 2 radical (unpaired) electrons. The van der Waals surface area contributed by atoms with Crippen molar-refractivity contribution in [2.24, 2.45) is 0 Å². The van der Waals surface area contributed by atoms with E-state index in [4.69, 9.17) is 12.6 Å². The molecule has 0 aliphatic rings. The smallest absolute Gasteiger partial charge is 0.130 e. The second kappa shape index (κ2) is 6.74. The van der Waals surface area contributed by atoms with Crippen LogP contribution in [0, 0.1) is 5.82 Å². The van der Waals surface area contributed by atoms with Crippen molar-refractivity contribution in [3.05, 3.63) is 54.3 Å². The van der Waals surface area contributed by atoms with E-state index >= 15 is 0 Å². The molecule has 0 aromatic heterocycles. The van der Waals surface area contributed by atoms with Crippen LogP contribution in [0.3, 0.4) is 0 Å². The summed E-state index contributed by atoms with van der Waals surface area (Å²) in [7, 11) is 5.53. The third-order valence-corrected chi connectivity index (χ3v) is 1.91. The lowest BCUT2D eigenvalue weighted by Gasteiger charge is -2.05. The van der Waals surface area contributed by atoms with E-state index in [1.54, 1.807) is 36.4 Å². The lowest BCUT2D eigenvalue weighted by Crippen LogP contribution is -1.99. The molecule has 0 saturated carbocycles. The first kappa shape index (κ1) is 13.3. The zero-order valence-corrected chi connectivity index (χ0v) is 9.98. The Hall–Kier alpha value is -1.77. The molecule has 2 aromatic rings. The van der Waals surface area contributed by atoms with Crippen molar-refractivity contribution in [2.75, 3.05) is 0 Å². The predicted molar refractivity (Wildman–Crippen MR) is 69.7 cm³/mol. The monoisotopic (exact) mass is 228 g/mol. The Labute approximate surface area is 103 Å². The standard InChI is InChI=1S/C12H8BFO.C2H6/c13-9-4-6-11(7-5-9)15-12-3-1-2-10(14)8-12;1-2/h1-8H;1-2H3. The van der Waals surface area contributed by atoms with Gasteiger partial charge in [0.15, 0.2) is 0 Å². The molecular weight excluding hydrogens is 214 g/mol. The van der Waals surface area contributed by atoms with Gasteiger partial charge in [0.2, 0.25) is 0 Å². The molecule has 0 spiro atoms. The molecule has 0 amide bonds. The van der Waals surface area contributed by atoms with Crippen molar-refractivity contribution in [3.8, 4) is 11.5 Å². The fourth-order valence-corrected chi connectivity index (χ4v) is 1.20.